The number of anilines is 1. The average Bonchev–Trinajstić information content (AvgIpc) is 3.12. The zero-order valence-corrected chi connectivity index (χ0v) is 17.3. The minimum atomic E-state index is -0.173. The SMILES string of the molecule is Cc1cccc(NC(=O)C[NH+](C)CC(=O)N[C@@H](C)c2ccc3c(c2)OCO3)c1C. The molecular weight excluding hydrogens is 370 g/mol. The van der Waals surface area contributed by atoms with Crippen molar-refractivity contribution in [1.29, 1.82) is 0 Å². The van der Waals surface area contributed by atoms with Crippen LogP contribution in [-0.4, -0.2) is 38.7 Å². The van der Waals surface area contributed by atoms with E-state index in [1.165, 1.54) is 0 Å². The predicted octanol–water partition coefficient (Wildman–Crippen LogP) is 1.36. The van der Waals surface area contributed by atoms with Crippen molar-refractivity contribution in [1.82, 2.24) is 5.32 Å². The maximum absolute atomic E-state index is 12.4. The predicted molar refractivity (Wildman–Crippen MR) is 110 cm³/mol. The maximum atomic E-state index is 12.4. The summed E-state index contributed by atoms with van der Waals surface area (Å²) < 4.78 is 10.7. The number of benzene rings is 2. The van der Waals surface area contributed by atoms with Gasteiger partial charge in [0.2, 0.25) is 6.79 Å². The highest BCUT2D eigenvalue weighted by molar-refractivity contribution is 5.92. The van der Waals surface area contributed by atoms with Crippen molar-refractivity contribution in [3.8, 4) is 11.5 Å². The number of quaternary nitrogens is 1. The molecule has 3 N–H and O–H groups in total. The molecule has 3 rings (SSSR count). The normalized spacial score (nSPS) is 14.2. The first-order chi connectivity index (χ1) is 13.8. The molecule has 0 fully saturated rings. The first-order valence-corrected chi connectivity index (χ1v) is 9.69. The molecule has 7 heteroatoms. The summed E-state index contributed by atoms with van der Waals surface area (Å²) in [5.74, 6) is 1.17. The average molecular weight is 398 g/mol. The van der Waals surface area contributed by atoms with Gasteiger partial charge in [0, 0.05) is 5.69 Å². The van der Waals surface area contributed by atoms with Crippen LogP contribution in [-0.2, 0) is 9.59 Å². The van der Waals surface area contributed by atoms with Crippen LogP contribution >= 0.6 is 0 Å². The fraction of sp³-hybridized carbons (Fsp3) is 0.364. The van der Waals surface area contributed by atoms with Crippen LogP contribution in [0.1, 0.15) is 29.7 Å². The molecule has 29 heavy (non-hydrogen) atoms. The summed E-state index contributed by atoms with van der Waals surface area (Å²) in [4.78, 5) is 25.5. The van der Waals surface area contributed by atoms with Crippen molar-refractivity contribution in [2.75, 3.05) is 32.2 Å². The quantitative estimate of drug-likeness (QED) is 0.658. The lowest BCUT2D eigenvalue weighted by Gasteiger charge is -2.18. The van der Waals surface area contributed by atoms with Crippen LogP contribution in [0.15, 0.2) is 36.4 Å². The Hall–Kier alpha value is -3.06. The minimum Gasteiger partial charge on any atom is -0.454 e. The van der Waals surface area contributed by atoms with Gasteiger partial charge in [-0.05, 0) is 55.7 Å². The lowest BCUT2D eigenvalue weighted by atomic mass is 10.1. The molecule has 7 nitrogen and oxygen atoms in total. The van der Waals surface area contributed by atoms with Crippen molar-refractivity contribution in [3.63, 3.8) is 0 Å². The molecule has 0 spiro atoms. The fourth-order valence-corrected chi connectivity index (χ4v) is 3.25. The van der Waals surface area contributed by atoms with Gasteiger partial charge in [-0.2, -0.15) is 0 Å². The highest BCUT2D eigenvalue weighted by atomic mass is 16.7. The van der Waals surface area contributed by atoms with E-state index in [0.717, 1.165) is 27.3 Å². The summed E-state index contributed by atoms with van der Waals surface area (Å²) in [6, 6.07) is 11.3. The Labute approximate surface area is 171 Å². The fourth-order valence-electron chi connectivity index (χ4n) is 3.25. The van der Waals surface area contributed by atoms with E-state index in [-0.39, 0.29) is 37.7 Å². The zero-order valence-electron chi connectivity index (χ0n) is 17.3. The summed E-state index contributed by atoms with van der Waals surface area (Å²) in [7, 11) is 1.83. The van der Waals surface area contributed by atoms with Gasteiger partial charge in [-0.1, -0.05) is 18.2 Å². The molecule has 1 heterocycles. The largest absolute Gasteiger partial charge is 0.454 e. The van der Waals surface area contributed by atoms with Crippen LogP contribution in [0.5, 0.6) is 11.5 Å². The maximum Gasteiger partial charge on any atom is 0.279 e. The summed E-state index contributed by atoms with van der Waals surface area (Å²) in [6.07, 6.45) is 0. The lowest BCUT2D eigenvalue weighted by Crippen LogP contribution is -3.11. The van der Waals surface area contributed by atoms with Gasteiger partial charge in [-0.15, -0.1) is 0 Å². The van der Waals surface area contributed by atoms with Crippen LogP contribution in [0.4, 0.5) is 5.69 Å². The van der Waals surface area contributed by atoms with E-state index >= 15 is 0 Å². The Morgan fingerprint density at radius 3 is 2.59 bits per heavy atom. The number of ether oxygens (including phenoxy) is 2. The first-order valence-electron chi connectivity index (χ1n) is 9.69. The number of rotatable bonds is 7. The number of hydrogen-bond acceptors (Lipinski definition) is 4. The number of hydrogen-bond donors (Lipinski definition) is 3. The molecule has 2 aromatic carbocycles. The summed E-state index contributed by atoms with van der Waals surface area (Å²) in [5.41, 5.74) is 3.92. The van der Waals surface area contributed by atoms with E-state index in [1.54, 1.807) is 0 Å². The molecule has 154 valence electrons. The van der Waals surface area contributed by atoms with Crippen molar-refractivity contribution in [3.05, 3.63) is 53.1 Å². The van der Waals surface area contributed by atoms with E-state index in [4.69, 9.17) is 9.47 Å². The third-order valence-corrected chi connectivity index (χ3v) is 5.08. The smallest absolute Gasteiger partial charge is 0.279 e. The second kappa shape index (κ2) is 8.96. The zero-order chi connectivity index (χ0) is 21.0. The topological polar surface area (TPSA) is 81.1 Å². The molecule has 0 aromatic heterocycles. The van der Waals surface area contributed by atoms with Gasteiger partial charge >= 0.3 is 0 Å². The van der Waals surface area contributed by atoms with Crippen molar-refractivity contribution < 1.29 is 24.0 Å². The van der Waals surface area contributed by atoms with Crippen LogP contribution < -0.4 is 25.0 Å². The minimum absolute atomic E-state index is 0.118. The molecule has 2 atom stereocenters. The number of amides is 2. The molecule has 0 aliphatic carbocycles. The van der Waals surface area contributed by atoms with Gasteiger partial charge in [-0.25, -0.2) is 0 Å². The number of fused-ring (bicyclic) bond motifs is 1. The summed E-state index contributed by atoms with van der Waals surface area (Å²) in [5, 5.41) is 5.90. The van der Waals surface area contributed by atoms with Crippen LogP contribution in [0.25, 0.3) is 0 Å². The standard InChI is InChI=1S/C22H27N3O4/c1-14-6-5-7-18(15(14)2)24-22(27)12-25(4)11-21(26)23-16(3)17-8-9-19-20(10-17)29-13-28-19/h5-10,16H,11-13H2,1-4H3,(H,23,26)(H,24,27)/p+1/t16-/m0/s1. The Morgan fingerprint density at radius 1 is 1.07 bits per heavy atom. The number of nitrogens with one attached hydrogen (secondary N) is 3. The van der Waals surface area contributed by atoms with Gasteiger partial charge in [0.1, 0.15) is 0 Å². The molecule has 2 amide bonds. The highest BCUT2D eigenvalue weighted by Gasteiger charge is 2.19. The molecule has 1 aliphatic rings. The van der Waals surface area contributed by atoms with Gasteiger partial charge in [-0.3, -0.25) is 9.59 Å². The second-order valence-electron chi connectivity index (χ2n) is 7.51. The Kier molecular flexibility index (Phi) is 6.39. The van der Waals surface area contributed by atoms with Crippen LogP contribution in [0.3, 0.4) is 0 Å². The molecule has 1 aliphatic heterocycles. The highest BCUT2D eigenvalue weighted by Crippen LogP contribution is 2.34. The molecule has 0 bridgehead atoms. The molecular formula is C22H28N3O4+. The summed E-state index contributed by atoms with van der Waals surface area (Å²) in [6.45, 7) is 6.53. The third-order valence-electron chi connectivity index (χ3n) is 5.08. The van der Waals surface area contributed by atoms with Crippen molar-refractivity contribution >= 4 is 17.5 Å². The molecule has 0 saturated heterocycles. The Morgan fingerprint density at radius 2 is 1.79 bits per heavy atom. The monoisotopic (exact) mass is 398 g/mol. The van der Waals surface area contributed by atoms with Crippen LogP contribution in [0, 0.1) is 13.8 Å². The molecule has 0 saturated carbocycles. The van der Waals surface area contributed by atoms with E-state index < -0.39 is 0 Å². The van der Waals surface area contributed by atoms with Gasteiger partial charge in [0.25, 0.3) is 11.8 Å². The van der Waals surface area contributed by atoms with E-state index in [0.29, 0.717) is 11.5 Å². The van der Waals surface area contributed by atoms with E-state index in [1.807, 2.05) is 64.2 Å². The van der Waals surface area contributed by atoms with E-state index in [2.05, 4.69) is 10.6 Å². The molecule has 0 radical (unpaired) electrons. The van der Waals surface area contributed by atoms with Crippen molar-refractivity contribution in [2.24, 2.45) is 0 Å². The van der Waals surface area contributed by atoms with Gasteiger partial charge in [0.15, 0.2) is 24.6 Å². The summed E-state index contributed by atoms with van der Waals surface area (Å²) >= 11 is 0. The number of carbonyl (C=O) groups excluding carboxylic acids is 2. The van der Waals surface area contributed by atoms with E-state index in [9.17, 15) is 9.59 Å². The molecule has 1 unspecified atom stereocenters. The number of aryl methyl sites for hydroxylation is 1. The van der Waals surface area contributed by atoms with Gasteiger partial charge in [0.05, 0.1) is 13.1 Å². The molecule has 2 aromatic rings. The van der Waals surface area contributed by atoms with Gasteiger partial charge < -0.3 is 25.0 Å². The third kappa shape index (κ3) is 5.26. The Bertz CT molecular complexity index is 913. The van der Waals surface area contributed by atoms with Crippen molar-refractivity contribution in [2.45, 2.75) is 26.8 Å². The Balaban J connectivity index is 1.48. The number of carbonyl (C=O) groups is 2. The lowest BCUT2D eigenvalue weighted by molar-refractivity contribution is -0.862. The second-order valence-corrected chi connectivity index (χ2v) is 7.51. The van der Waals surface area contributed by atoms with Crippen LogP contribution in [0.2, 0.25) is 0 Å². The first kappa shape index (κ1) is 20.7. The number of likely N-dealkylation sites (N-methyl/N-ethyl adjacent to an activating group) is 1.